The average Bonchev–Trinajstić information content (AvgIpc) is 2.84. The molecule has 2 amide bonds. The molecule has 0 aliphatic carbocycles. The highest BCUT2D eigenvalue weighted by molar-refractivity contribution is 5.92. The summed E-state index contributed by atoms with van der Waals surface area (Å²) >= 11 is 0. The van der Waals surface area contributed by atoms with Gasteiger partial charge in [0.2, 0.25) is 11.8 Å². The zero-order chi connectivity index (χ0) is 24.6. The average molecular weight is 456 g/mol. The van der Waals surface area contributed by atoms with Crippen LogP contribution in [0.3, 0.4) is 0 Å². The van der Waals surface area contributed by atoms with Gasteiger partial charge in [-0.05, 0) is 48.5 Å². The largest absolute Gasteiger partial charge is 0.375 e. The molecule has 0 fully saturated rings. The second-order valence-electron chi connectivity index (χ2n) is 6.75. The van der Waals surface area contributed by atoms with Crippen molar-refractivity contribution in [2.24, 2.45) is 0 Å². The van der Waals surface area contributed by atoms with Crippen molar-refractivity contribution in [3.63, 3.8) is 0 Å². The first-order chi connectivity index (χ1) is 16.5. The molecule has 172 valence electrons. The fraction of sp³-hybridized carbons (Fsp3) is 0.148. The van der Waals surface area contributed by atoms with Crippen LogP contribution < -0.4 is 10.6 Å². The monoisotopic (exact) mass is 455 g/mol. The maximum atomic E-state index is 11.4. The maximum absolute atomic E-state index is 11.4. The van der Waals surface area contributed by atoms with Crippen molar-refractivity contribution < 1.29 is 19.1 Å². The van der Waals surface area contributed by atoms with Gasteiger partial charge in [0.1, 0.15) is 13.2 Å². The summed E-state index contributed by atoms with van der Waals surface area (Å²) in [6.07, 6.45) is 8.62. The predicted molar refractivity (Wildman–Crippen MR) is 132 cm³/mol. The van der Waals surface area contributed by atoms with Gasteiger partial charge in [-0.2, -0.15) is 0 Å². The number of carbonyl (C=O) groups is 2. The maximum Gasteiger partial charge on any atom is 0.250 e. The van der Waals surface area contributed by atoms with E-state index in [4.69, 9.17) is 11.2 Å². The molecule has 2 aromatic carbocycles. The van der Waals surface area contributed by atoms with Gasteiger partial charge in [0, 0.05) is 54.7 Å². The molecule has 34 heavy (non-hydrogen) atoms. The third-order valence-electron chi connectivity index (χ3n) is 4.04. The molecule has 0 aliphatic rings. The normalized spacial score (nSPS) is 9.32. The highest BCUT2D eigenvalue weighted by Gasteiger charge is 2.01. The molecule has 0 radical (unpaired) electrons. The summed E-state index contributed by atoms with van der Waals surface area (Å²) in [6.45, 7) is 0.0766. The van der Waals surface area contributed by atoms with Gasteiger partial charge in [-0.15, -0.1) is 6.42 Å². The molecule has 7 heteroatoms. The number of hydrogen-bond acceptors (Lipinski definition) is 5. The van der Waals surface area contributed by atoms with Crippen LogP contribution in [0, 0.1) is 24.2 Å². The van der Waals surface area contributed by atoms with E-state index in [9.17, 15) is 9.59 Å². The van der Waals surface area contributed by atoms with Gasteiger partial charge >= 0.3 is 0 Å². The number of methoxy groups -OCH3 is 2. The van der Waals surface area contributed by atoms with E-state index in [1.54, 1.807) is 36.7 Å². The number of amides is 2. The number of nitrogens with zero attached hydrogens (tertiary/aromatic N) is 1. The van der Waals surface area contributed by atoms with Crippen molar-refractivity contribution in [1.29, 1.82) is 0 Å². The minimum Gasteiger partial charge on any atom is -0.375 e. The Morgan fingerprint density at radius 3 is 1.82 bits per heavy atom. The molecule has 3 aromatic rings. The van der Waals surface area contributed by atoms with E-state index in [0.717, 1.165) is 16.7 Å². The lowest BCUT2D eigenvalue weighted by Crippen LogP contribution is -2.17. The summed E-state index contributed by atoms with van der Waals surface area (Å²) in [6, 6.07) is 18.1. The number of carbonyl (C=O) groups excluding carboxylic acids is 2. The summed E-state index contributed by atoms with van der Waals surface area (Å²) < 4.78 is 9.45. The summed E-state index contributed by atoms with van der Waals surface area (Å²) in [7, 11) is 2.95. The molecule has 0 spiro atoms. The number of terminal acetylenes is 1. The van der Waals surface area contributed by atoms with E-state index in [1.165, 1.54) is 14.2 Å². The van der Waals surface area contributed by atoms with Gasteiger partial charge in [0.15, 0.2) is 0 Å². The second kappa shape index (κ2) is 14.6. The Bertz CT molecular complexity index is 1190. The fourth-order valence-corrected chi connectivity index (χ4v) is 2.60. The van der Waals surface area contributed by atoms with Crippen LogP contribution in [-0.4, -0.2) is 44.2 Å². The lowest BCUT2D eigenvalue weighted by molar-refractivity contribution is -0.120. The number of benzene rings is 2. The molecule has 3 rings (SSSR count). The number of nitrogens with one attached hydrogen (secondary N) is 2. The summed E-state index contributed by atoms with van der Waals surface area (Å²) in [4.78, 5) is 26.5. The van der Waals surface area contributed by atoms with Crippen LogP contribution in [0.4, 0.5) is 11.4 Å². The minimum absolute atomic E-state index is 0.0346. The second-order valence-corrected chi connectivity index (χ2v) is 6.75. The molecular formula is C27H25N3O4. The zero-order valence-electron chi connectivity index (χ0n) is 19.0. The van der Waals surface area contributed by atoms with Crippen LogP contribution in [0.5, 0.6) is 0 Å². The summed E-state index contributed by atoms with van der Waals surface area (Å²) in [5.41, 5.74) is 3.85. The Balaban J connectivity index is 0.000000257. The van der Waals surface area contributed by atoms with Crippen LogP contribution in [0.2, 0.25) is 0 Å². The molecule has 2 N–H and O–H groups in total. The third kappa shape index (κ3) is 9.80. The zero-order valence-corrected chi connectivity index (χ0v) is 19.0. The quantitative estimate of drug-likeness (QED) is 0.557. The van der Waals surface area contributed by atoms with E-state index in [0.29, 0.717) is 11.4 Å². The Morgan fingerprint density at radius 2 is 1.29 bits per heavy atom. The van der Waals surface area contributed by atoms with Crippen molar-refractivity contribution >= 4 is 23.2 Å². The van der Waals surface area contributed by atoms with Gasteiger partial charge in [-0.3, -0.25) is 14.6 Å². The first-order valence-electron chi connectivity index (χ1n) is 10.2. The van der Waals surface area contributed by atoms with E-state index < -0.39 is 0 Å². The molecular weight excluding hydrogens is 430 g/mol. The molecule has 1 heterocycles. The highest BCUT2D eigenvalue weighted by atomic mass is 16.5. The van der Waals surface area contributed by atoms with Crippen molar-refractivity contribution in [3.05, 3.63) is 89.7 Å². The van der Waals surface area contributed by atoms with Crippen LogP contribution in [0.1, 0.15) is 16.7 Å². The first kappa shape index (κ1) is 25.8. The fourth-order valence-electron chi connectivity index (χ4n) is 2.60. The van der Waals surface area contributed by atoms with Gasteiger partial charge in [-0.25, -0.2) is 0 Å². The molecule has 0 saturated heterocycles. The van der Waals surface area contributed by atoms with Gasteiger partial charge in [-0.1, -0.05) is 29.9 Å². The standard InChI is InChI=1S/C16H14N2O2.C11H11NO2/c1-20-12-16(19)18-15-4-2-3-14(11-15)6-5-13-7-9-17-10-8-13;1-3-9-5-4-6-10(7-9)12-11(13)8-14-2/h2-4,7-11H,12H2,1H3,(H,18,19);1,4-7H,8H2,2H3,(H,12,13). The summed E-state index contributed by atoms with van der Waals surface area (Å²) in [5.74, 6) is 8.19. The van der Waals surface area contributed by atoms with E-state index in [1.807, 2.05) is 36.4 Å². The Labute approximate surface area is 199 Å². The van der Waals surface area contributed by atoms with Crippen LogP contribution >= 0.6 is 0 Å². The van der Waals surface area contributed by atoms with Crippen LogP contribution in [-0.2, 0) is 19.1 Å². The summed E-state index contributed by atoms with van der Waals surface area (Å²) in [5, 5.41) is 5.40. The van der Waals surface area contributed by atoms with Crippen molar-refractivity contribution in [1.82, 2.24) is 4.98 Å². The number of pyridine rings is 1. The number of anilines is 2. The predicted octanol–water partition coefficient (Wildman–Crippen LogP) is 3.32. The lowest BCUT2D eigenvalue weighted by atomic mass is 10.2. The van der Waals surface area contributed by atoms with E-state index >= 15 is 0 Å². The molecule has 7 nitrogen and oxygen atoms in total. The Hall–Kier alpha value is -4.43. The number of rotatable bonds is 6. The molecule has 0 atom stereocenters. The Kier molecular flexibility index (Phi) is 11.1. The van der Waals surface area contributed by atoms with E-state index in [2.05, 4.69) is 38.1 Å². The topological polar surface area (TPSA) is 89.5 Å². The molecule has 0 aliphatic heterocycles. The molecule has 0 saturated carbocycles. The smallest absolute Gasteiger partial charge is 0.250 e. The van der Waals surface area contributed by atoms with Gasteiger partial charge < -0.3 is 20.1 Å². The van der Waals surface area contributed by atoms with Gasteiger partial charge in [0.05, 0.1) is 0 Å². The Morgan fingerprint density at radius 1 is 0.794 bits per heavy atom. The minimum atomic E-state index is -0.193. The molecule has 1 aromatic heterocycles. The SMILES string of the molecule is C#Cc1cccc(NC(=O)COC)c1.COCC(=O)Nc1cccc(C#Cc2ccncc2)c1. The number of ether oxygens (including phenoxy) is 2. The highest BCUT2D eigenvalue weighted by Crippen LogP contribution is 2.10. The third-order valence-corrected chi connectivity index (χ3v) is 4.04. The van der Waals surface area contributed by atoms with Crippen molar-refractivity contribution in [2.45, 2.75) is 0 Å². The van der Waals surface area contributed by atoms with Gasteiger partial charge in [0.25, 0.3) is 0 Å². The number of hydrogen-bond donors (Lipinski definition) is 2. The molecule has 0 unspecified atom stereocenters. The molecule has 0 bridgehead atoms. The number of aromatic nitrogens is 1. The van der Waals surface area contributed by atoms with Crippen molar-refractivity contribution in [2.75, 3.05) is 38.1 Å². The first-order valence-corrected chi connectivity index (χ1v) is 10.2. The van der Waals surface area contributed by atoms with Crippen LogP contribution in [0.15, 0.2) is 73.1 Å². The van der Waals surface area contributed by atoms with Crippen molar-refractivity contribution in [3.8, 4) is 24.2 Å². The lowest BCUT2D eigenvalue weighted by Gasteiger charge is -2.04. The van der Waals surface area contributed by atoms with E-state index in [-0.39, 0.29) is 25.0 Å². The van der Waals surface area contributed by atoms with Crippen LogP contribution in [0.25, 0.3) is 0 Å².